The summed E-state index contributed by atoms with van der Waals surface area (Å²) < 4.78 is 37.8. The van der Waals surface area contributed by atoms with Crippen LogP contribution in [0.15, 0.2) is 18.3 Å². The Morgan fingerprint density at radius 2 is 2.22 bits per heavy atom. The molecule has 2 fully saturated rings. The summed E-state index contributed by atoms with van der Waals surface area (Å²) in [6, 6.07) is 1.72. The molecule has 0 unspecified atom stereocenters. The summed E-state index contributed by atoms with van der Waals surface area (Å²) in [4.78, 5) is 5.71. The largest absolute Gasteiger partial charge is 0.416 e. The average molecular weight is 259 g/mol. The second-order valence-electron chi connectivity index (χ2n) is 4.63. The highest BCUT2D eigenvalue weighted by Gasteiger charge is 2.46. The van der Waals surface area contributed by atoms with E-state index in [1.54, 1.807) is 4.90 Å². The van der Waals surface area contributed by atoms with Crippen LogP contribution in [0.1, 0.15) is 5.56 Å². The summed E-state index contributed by atoms with van der Waals surface area (Å²) in [6.07, 6.45) is -3.75. The van der Waals surface area contributed by atoms with Gasteiger partial charge in [0.1, 0.15) is 5.82 Å². The minimum atomic E-state index is -4.37. The number of hydrogen-bond acceptors (Lipinski definition) is 4. The Bertz CT molecular complexity index is 465. The molecule has 7 heteroatoms. The molecule has 1 aromatic heterocycles. The summed E-state index contributed by atoms with van der Waals surface area (Å²) in [7, 11) is 0. The lowest BCUT2D eigenvalue weighted by atomic mass is 10.2. The average Bonchev–Trinajstić information content (AvgIpc) is 2.84. The van der Waals surface area contributed by atoms with E-state index in [-0.39, 0.29) is 17.9 Å². The third kappa shape index (κ3) is 1.74. The van der Waals surface area contributed by atoms with Crippen molar-refractivity contribution in [3.05, 3.63) is 23.9 Å². The quantitative estimate of drug-likeness (QED) is 0.776. The number of hydrogen-bond donors (Lipinski definition) is 2. The minimum absolute atomic E-state index is 0.0775. The monoisotopic (exact) mass is 259 g/mol. The number of rotatable bonds is 1. The number of aromatic nitrogens is 1. The van der Waals surface area contributed by atoms with Gasteiger partial charge in [0.15, 0.2) is 0 Å². The molecule has 0 amide bonds. The van der Waals surface area contributed by atoms with E-state index in [2.05, 4.69) is 10.3 Å². The summed E-state index contributed by atoms with van der Waals surface area (Å²) in [5, 5.41) is 12.9. The molecule has 2 aliphatic rings. The van der Waals surface area contributed by atoms with Gasteiger partial charge >= 0.3 is 6.18 Å². The lowest BCUT2D eigenvalue weighted by Crippen LogP contribution is -2.44. The summed E-state index contributed by atoms with van der Waals surface area (Å²) in [6.45, 7) is 1.06. The first kappa shape index (κ1) is 11.7. The van der Waals surface area contributed by atoms with Gasteiger partial charge in [0.25, 0.3) is 0 Å². The van der Waals surface area contributed by atoms with Crippen molar-refractivity contribution in [2.45, 2.75) is 24.4 Å². The number of anilines is 1. The van der Waals surface area contributed by atoms with Gasteiger partial charge in [-0.2, -0.15) is 13.2 Å². The first-order valence-corrected chi connectivity index (χ1v) is 5.68. The fourth-order valence-corrected chi connectivity index (χ4v) is 2.61. The summed E-state index contributed by atoms with van der Waals surface area (Å²) >= 11 is 0. The number of halogens is 3. The standard InChI is InChI=1S/C11H12F3N3O/c12-11(13,14)6-1-2-15-9(3-6)17-5-7-10(18)8(17)4-16-7/h1-3,7-8,10,16,18H,4-5H2/t7-,8-,10-/m1/s1. The van der Waals surface area contributed by atoms with Crippen molar-refractivity contribution in [2.24, 2.45) is 0 Å². The normalized spacial score (nSPS) is 31.1. The van der Waals surface area contributed by atoms with E-state index in [9.17, 15) is 18.3 Å². The molecule has 2 aliphatic heterocycles. The number of fused-ring (bicyclic) bond motifs is 2. The zero-order valence-electron chi connectivity index (χ0n) is 9.35. The Hall–Kier alpha value is -1.34. The van der Waals surface area contributed by atoms with E-state index in [0.717, 1.165) is 18.3 Å². The fourth-order valence-electron chi connectivity index (χ4n) is 2.61. The van der Waals surface area contributed by atoms with Crippen LogP contribution in [0.4, 0.5) is 19.0 Å². The van der Waals surface area contributed by atoms with Crippen LogP contribution in [0.5, 0.6) is 0 Å². The Kier molecular flexibility index (Phi) is 2.49. The molecule has 1 aromatic rings. The Morgan fingerprint density at radius 1 is 1.44 bits per heavy atom. The molecule has 0 saturated carbocycles. The number of alkyl halides is 3. The fraction of sp³-hybridized carbons (Fsp3) is 0.545. The van der Waals surface area contributed by atoms with Gasteiger partial charge in [0, 0.05) is 19.3 Å². The molecule has 0 radical (unpaired) electrons. The smallest absolute Gasteiger partial charge is 0.389 e. The highest BCUT2D eigenvalue weighted by molar-refractivity contribution is 5.47. The van der Waals surface area contributed by atoms with Crippen LogP contribution in [-0.4, -0.2) is 41.4 Å². The zero-order chi connectivity index (χ0) is 12.9. The van der Waals surface area contributed by atoms with Gasteiger partial charge in [-0.3, -0.25) is 0 Å². The van der Waals surface area contributed by atoms with Gasteiger partial charge in [0.05, 0.1) is 23.8 Å². The van der Waals surface area contributed by atoms with Crippen LogP contribution in [0, 0.1) is 0 Å². The van der Waals surface area contributed by atoms with Crippen LogP contribution >= 0.6 is 0 Å². The van der Waals surface area contributed by atoms with Crippen molar-refractivity contribution in [1.29, 1.82) is 0 Å². The summed E-state index contributed by atoms with van der Waals surface area (Å²) in [5.74, 6) is 0.276. The second kappa shape index (κ2) is 3.83. The van der Waals surface area contributed by atoms with E-state index in [1.165, 1.54) is 0 Å². The van der Waals surface area contributed by atoms with Crippen molar-refractivity contribution < 1.29 is 18.3 Å². The molecular formula is C11H12F3N3O. The van der Waals surface area contributed by atoms with Crippen LogP contribution in [0.2, 0.25) is 0 Å². The number of pyridine rings is 1. The lowest BCUT2D eigenvalue weighted by Gasteiger charge is -2.28. The maximum Gasteiger partial charge on any atom is 0.416 e. The number of piperazine rings is 1. The molecule has 18 heavy (non-hydrogen) atoms. The predicted molar refractivity (Wildman–Crippen MR) is 58.2 cm³/mol. The van der Waals surface area contributed by atoms with Gasteiger partial charge in [-0.05, 0) is 12.1 Å². The SMILES string of the molecule is O[C@H]1[C@H]2CN[C@@H]1CN2c1cc(C(F)(F)F)ccn1. The molecule has 2 N–H and O–H groups in total. The van der Waals surface area contributed by atoms with Crippen LogP contribution in [0.25, 0.3) is 0 Å². The molecule has 0 aliphatic carbocycles. The van der Waals surface area contributed by atoms with Gasteiger partial charge in [-0.15, -0.1) is 0 Å². The Morgan fingerprint density at radius 3 is 2.78 bits per heavy atom. The molecule has 3 heterocycles. The van der Waals surface area contributed by atoms with Gasteiger partial charge in [-0.1, -0.05) is 0 Å². The molecule has 3 rings (SSSR count). The van der Waals surface area contributed by atoms with Crippen LogP contribution in [-0.2, 0) is 6.18 Å². The molecule has 0 aromatic carbocycles. The maximum absolute atomic E-state index is 12.6. The highest BCUT2D eigenvalue weighted by atomic mass is 19.4. The molecule has 4 nitrogen and oxygen atoms in total. The first-order valence-electron chi connectivity index (χ1n) is 5.68. The van der Waals surface area contributed by atoms with Crippen molar-refractivity contribution >= 4 is 5.82 Å². The highest BCUT2D eigenvalue weighted by Crippen LogP contribution is 2.33. The molecule has 2 bridgehead atoms. The van der Waals surface area contributed by atoms with Crippen molar-refractivity contribution in [3.63, 3.8) is 0 Å². The van der Waals surface area contributed by atoms with E-state index < -0.39 is 17.8 Å². The second-order valence-corrected chi connectivity index (χ2v) is 4.63. The number of aliphatic hydroxyl groups is 1. The van der Waals surface area contributed by atoms with Crippen molar-refractivity contribution in [3.8, 4) is 0 Å². The Balaban J connectivity index is 1.90. The van der Waals surface area contributed by atoms with Crippen LogP contribution in [0.3, 0.4) is 0 Å². The van der Waals surface area contributed by atoms with E-state index in [4.69, 9.17) is 0 Å². The van der Waals surface area contributed by atoms with Gasteiger partial charge in [0.2, 0.25) is 0 Å². The number of aliphatic hydroxyl groups excluding tert-OH is 1. The van der Waals surface area contributed by atoms with Crippen molar-refractivity contribution in [1.82, 2.24) is 10.3 Å². The van der Waals surface area contributed by atoms with Crippen molar-refractivity contribution in [2.75, 3.05) is 18.0 Å². The first-order chi connectivity index (χ1) is 8.47. The molecule has 3 atom stereocenters. The minimum Gasteiger partial charge on any atom is -0.389 e. The Labute approximate surface area is 101 Å². The zero-order valence-corrected chi connectivity index (χ0v) is 9.35. The van der Waals surface area contributed by atoms with E-state index >= 15 is 0 Å². The predicted octanol–water partition coefficient (Wildman–Crippen LogP) is 0.622. The lowest BCUT2D eigenvalue weighted by molar-refractivity contribution is -0.137. The summed E-state index contributed by atoms with van der Waals surface area (Å²) in [5.41, 5.74) is -0.710. The molecular weight excluding hydrogens is 247 g/mol. The third-order valence-electron chi connectivity index (χ3n) is 3.56. The van der Waals surface area contributed by atoms with E-state index in [1.807, 2.05) is 0 Å². The van der Waals surface area contributed by atoms with Gasteiger partial charge < -0.3 is 15.3 Å². The molecule has 98 valence electrons. The van der Waals surface area contributed by atoms with Crippen LogP contribution < -0.4 is 10.2 Å². The third-order valence-corrected chi connectivity index (χ3v) is 3.56. The number of nitrogens with one attached hydrogen (secondary N) is 1. The molecule has 2 saturated heterocycles. The van der Waals surface area contributed by atoms with Gasteiger partial charge in [-0.25, -0.2) is 4.98 Å². The van der Waals surface area contributed by atoms with E-state index in [0.29, 0.717) is 13.1 Å². The maximum atomic E-state index is 12.6. The topological polar surface area (TPSA) is 48.4 Å². The molecule has 0 spiro atoms. The number of nitrogens with zero attached hydrogens (tertiary/aromatic N) is 2.